The molecule has 1 fully saturated rings. The van der Waals surface area contributed by atoms with E-state index >= 15 is 0 Å². The van der Waals surface area contributed by atoms with Crippen molar-refractivity contribution in [2.75, 3.05) is 26.9 Å². The highest BCUT2D eigenvalue weighted by atomic mass is 16.6. The number of rotatable bonds is 3. The van der Waals surface area contributed by atoms with Crippen LogP contribution in [0.3, 0.4) is 0 Å². The predicted molar refractivity (Wildman–Crippen MR) is 108 cm³/mol. The zero-order chi connectivity index (χ0) is 20.0. The minimum absolute atomic E-state index is 0.000440. The second kappa shape index (κ2) is 7.03. The molecule has 5 rings (SSSR count). The number of ether oxygens (including phenoxy) is 3. The van der Waals surface area contributed by atoms with Crippen LogP contribution in [0.1, 0.15) is 40.6 Å². The van der Waals surface area contributed by atoms with Crippen LogP contribution in [0.4, 0.5) is 0 Å². The third-order valence-corrected chi connectivity index (χ3v) is 5.80. The van der Waals surface area contributed by atoms with E-state index in [4.69, 9.17) is 18.6 Å². The Hall–Kier alpha value is -3.15. The topological polar surface area (TPSA) is 61.1 Å². The number of methoxy groups -OCH3 is 1. The Morgan fingerprint density at radius 2 is 1.93 bits per heavy atom. The number of hydrogen-bond donors (Lipinski definition) is 0. The zero-order valence-electron chi connectivity index (χ0n) is 16.6. The summed E-state index contributed by atoms with van der Waals surface area (Å²) in [6.07, 6.45) is 1.87. The fourth-order valence-electron chi connectivity index (χ4n) is 4.28. The molecule has 0 radical (unpaired) electrons. The number of hydrogen-bond acceptors (Lipinski definition) is 5. The summed E-state index contributed by atoms with van der Waals surface area (Å²) in [5.74, 6) is 2.58. The summed E-state index contributed by atoms with van der Waals surface area (Å²) in [6, 6.07) is 11.6. The fraction of sp³-hybridized carbons (Fsp3) is 0.348. The van der Waals surface area contributed by atoms with Crippen molar-refractivity contribution in [2.24, 2.45) is 0 Å². The predicted octanol–water partition coefficient (Wildman–Crippen LogP) is 4.50. The minimum atomic E-state index is -0.0740. The first-order valence-electron chi connectivity index (χ1n) is 9.93. The average Bonchev–Trinajstić information content (AvgIpc) is 3.38. The molecule has 6 heteroatoms. The lowest BCUT2D eigenvalue weighted by molar-refractivity contribution is 0.0704. The average molecular weight is 393 g/mol. The molecule has 2 aliphatic rings. The summed E-state index contributed by atoms with van der Waals surface area (Å²) in [6.45, 7) is 3.74. The summed E-state index contributed by atoms with van der Waals surface area (Å²) in [5, 5.41) is 0.905. The molecular weight excluding hydrogens is 370 g/mol. The molecule has 2 aliphatic heterocycles. The molecule has 1 amide bonds. The number of carbonyl (C=O) groups is 1. The zero-order valence-corrected chi connectivity index (χ0v) is 16.6. The lowest BCUT2D eigenvalue weighted by Crippen LogP contribution is -2.30. The van der Waals surface area contributed by atoms with E-state index < -0.39 is 0 Å². The fourth-order valence-corrected chi connectivity index (χ4v) is 4.28. The highest BCUT2D eigenvalue weighted by Gasteiger charge is 2.34. The quantitative estimate of drug-likeness (QED) is 0.656. The van der Waals surface area contributed by atoms with Crippen LogP contribution >= 0.6 is 0 Å². The van der Waals surface area contributed by atoms with Gasteiger partial charge in [0.25, 0.3) is 5.91 Å². The van der Waals surface area contributed by atoms with Crippen molar-refractivity contribution >= 4 is 16.9 Å². The number of benzene rings is 2. The van der Waals surface area contributed by atoms with Crippen molar-refractivity contribution < 1.29 is 23.4 Å². The van der Waals surface area contributed by atoms with Crippen LogP contribution < -0.4 is 14.2 Å². The smallest absolute Gasteiger partial charge is 0.290 e. The van der Waals surface area contributed by atoms with Gasteiger partial charge in [0.1, 0.15) is 24.5 Å². The maximum absolute atomic E-state index is 13.4. The normalized spacial score (nSPS) is 18.3. The van der Waals surface area contributed by atoms with Crippen LogP contribution in [0.15, 0.2) is 40.8 Å². The number of aryl methyl sites for hydroxylation is 1. The third kappa shape index (κ3) is 2.99. The van der Waals surface area contributed by atoms with Crippen LogP contribution in [-0.4, -0.2) is 37.7 Å². The second-order valence-corrected chi connectivity index (χ2v) is 7.48. The van der Waals surface area contributed by atoms with E-state index in [2.05, 4.69) is 0 Å². The summed E-state index contributed by atoms with van der Waals surface area (Å²) < 4.78 is 22.6. The molecule has 0 saturated carbocycles. The van der Waals surface area contributed by atoms with Crippen molar-refractivity contribution in [3.8, 4) is 17.2 Å². The van der Waals surface area contributed by atoms with Gasteiger partial charge in [-0.2, -0.15) is 0 Å². The molecule has 29 heavy (non-hydrogen) atoms. The number of likely N-dealkylation sites (tertiary alicyclic amines) is 1. The summed E-state index contributed by atoms with van der Waals surface area (Å²) in [5.41, 5.74) is 2.61. The van der Waals surface area contributed by atoms with E-state index in [1.807, 2.05) is 48.2 Å². The van der Waals surface area contributed by atoms with Crippen molar-refractivity contribution in [1.29, 1.82) is 0 Å². The molecule has 6 nitrogen and oxygen atoms in total. The highest BCUT2D eigenvalue weighted by Crippen LogP contribution is 2.39. The van der Waals surface area contributed by atoms with Gasteiger partial charge in [-0.25, -0.2) is 0 Å². The summed E-state index contributed by atoms with van der Waals surface area (Å²) in [7, 11) is 1.63. The van der Waals surface area contributed by atoms with Gasteiger partial charge in [0.05, 0.1) is 13.2 Å². The molecule has 1 atom stereocenters. The first kappa shape index (κ1) is 17.9. The number of nitrogens with zero attached hydrogens (tertiary/aromatic N) is 1. The molecule has 3 aromatic rings. The van der Waals surface area contributed by atoms with Gasteiger partial charge in [-0.05, 0) is 55.7 Å². The maximum Gasteiger partial charge on any atom is 0.290 e. The third-order valence-electron chi connectivity index (χ3n) is 5.80. The molecule has 150 valence electrons. The van der Waals surface area contributed by atoms with Crippen molar-refractivity contribution in [3.63, 3.8) is 0 Å². The molecule has 3 heterocycles. The van der Waals surface area contributed by atoms with E-state index in [1.54, 1.807) is 7.11 Å². The molecule has 0 aliphatic carbocycles. The van der Waals surface area contributed by atoms with Gasteiger partial charge in [-0.3, -0.25) is 4.79 Å². The van der Waals surface area contributed by atoms with Gasteiger partial charge in [-0.1, -0.05) is 6.07 Å². The molecule has 1 aromatic heterocycles. The maximum atomic E-state index is 13.4. The molecule has 0 N–H and O–H groups in total. The number of fused-ring (bicyclic) bond motifs is 2. The largest absolute Gasteiger partial charge is 0.497 e. The Morgan fingerprint density at radius 1 is 1.10 bits per heavy atom. The molecule has 2 aromatic carbocycles. The van der Waals surface area contributed by atoms with E-state index in [1.165, 1.54) is 0 Å². The summed E-state index contributed by atoms with van der Waals surface area (Å²) in [4.78, 5) is 15.3. The van der Waals surface area contributed by atoms with Crippen molar-refractivity contribution in [1.82, 2.24) is 4.90 Å². The number of amides is 1. The standard InChI is InChI=1S/C23H23NO5/c1-14-17-13-16(26-2)6-8-19(17)29-22(14)23(25)24-9-3-4-18(24)15-5-7-20-21(12-15)28-11-10-27-20/h5-8,12-13,18H,3-4,9-11H2,1-2H3/t18-/m1/s1. The van der Waals surface area contributed by atoms with Crippen LogP contribution in [0.2, 0.25) is 0 Å². The SMILES string of the molecule is COc1ccc2oc(C(=O)N3CCC[C@@H]3c3ccc4c(c3)OCCO4)c(C)c2c1. The van der Waals surface area contributed by atoms with Gasteiger partial charge in [0.2, 0.25) is 0 Å². The Kier molecular flexibility index (Phi) is 4.34. The van der Waals surface area contributed by atoms with Gasteiger partial charge < -0.3 is 23.5 Å². The molecular formula is C23H23NO5. The Bertz CT molecular complexity index is 1090. The van der Waals surface area contributed by atoms with Gasteiger partial charge in [-0.15, -0.1) is 0 Å². The van der Waals surface area contributed by atoms with Gasteiger partial charge >= 0.3 is 0 Å². The lowest BCUT2D eigenvalue weighted by Gasteiger charge is -2.26. The van der Waals surface area contributed by atoms with Crippen LogP contribution in [0.5, 0.6) is 17.2 Å². The first-order valence-corrected chi connectivity index (χ1v) is 9.93. The summed E-state index contributed by atoms with van der Waals surface area (Å²) >= 11 is 0. The van der Waals surface area contributed by atoms with E-state index in [0.29, 0.717) is 31.1 Å². The Morgan fingerprint density at radius 3 is 2.76 bits per heavy atom. The molecule has 0 unspecified atom stereocenters. The first-order chi connectivity index (χ1) is 14.2. The lowest BCUT2D eigenvalue weighted by atomic mass is 10.0. The molecule has 0 bridgehead atoms. The van der Waals surface area contributed by atoms with Crippen LogP contribution in [-0.2, 0) is 0 Å². The molecule has 0 spiro atoms. The van der Waals surface area contributed by atoms with E-state index in [0.717, 1.165) is 46.6 Å². The van der Waals surface area contributed by atoms with Crippen LogP contribution in [0, 0.1) is 6.92 Å². The van der Waals surface area contributed by atoms with E-state index in [9.17, 15) is 4.79 Å². The van der Waals surface area contributed by atoms with Crippen molar-refractivity contribution in [3.05, 3.63) is 53.3 Å². The monoisotopic (exact) mass is 393 g/mol. The second-order valence-electron chi connectivity index (χ2n) is 7.48. The van der Waals surface area contributed by atoms with Gasteiger partial charge in [0, 0.05) is 17.5 Å². The minimum Gasteiger partial charge on any atom is -0.497 e. The highest BCUT2D eigenvalue weighted by molar-refractivity contribution is 5.99. The van der Waals surface area contributed by atoms with Gasteiger partial charge in [0.15, 0.2) is 17.3 Å². The van der Waals surface area contributed by atoms with Crippen molar-refractivity contribution in [2.45, 2.75) is 25.8 Å². The number of carbonyl (C=O) groups excluding carboxylic acids is 1. The molecule has 1 saturated heterocycles. The Balaban J connectivity index is 1.48. The van der Waals surface area contributed by atoms with Crippen LogP contribution in [0.25, 0.3) is 11.0 Å². The Labute approximate surface area is 168 Å². The van der Waals surface area contributed by atoms with E-state index in [-0.39, 0.29) is 11.9 Å². The number of furan rings is 1.